The average molecular weight is 313 g/mol. The Kier molecular flexibility index (Phi) is 5.38. The van der Waals surface area contributed by atoms with Gasteiger partial charge in [0.15, 0.2) is 0 Å². The molecule has 0 saturated heterocycles. The fourth-order valence-corrected chi connectivity index (χ4v) is 2.05. The van der Waals surface area contributed by atoms with Crippen LogP contribution in [0.15, 0.2) is 28.7 Å². The Labute approximate surface area is 119 Å². The summed E-state index contributed by atoms with van der Waals surface area (Å²) in [6.07, 6.45) is 0. The summed E-state index contributed by atoms with van der Waals surface area (Å²) in [6.45, 7) is 11.5. The first kappa shape index (κ1) is 15.7. The summed E-state index contributed by atoms with van der Waals surface area (Å²) in [5, 5.41) is 3.54. The summed E-state index contributed by atoms with van der Waals surface area (Å²) >= 11 is 3.47. The molecule has 0 fully saturated rings. The zero-order valence-corrected chi connectivity index (χ0v) is 13.5. The normalized spacial score (nSPS) is 12.8. The summed E-state index contributed by atoms with van der Waals surface area (Å²) in [4.78, 5) is 0. The van der Waals surface area contributed by atoms with E-state index in [1.165, 1.54) is 5.56 Å². The van der Waals surface area contributed by atoms with Gasteiger partial charge in [-0.3, -0.25) is 0 Å². The minimum atomic E-state index is 0.130. The van der Waals surface area contributed by atoms with Crippen molar-refractivity contribution in [3.8, 4) is 0 Å². The van der Waals surface area contributed by atoms with E-state index >= 15 is 0 Å². The Morgan fingerprint density at radius 3 is 2.11 bits per heavy atom. The lowest BCUT2D eigenvalue weighted by atomic mass is 9.84. The second kappa shape index (κ2) is 6.18. The first-order chi connectivity index (χ1) is 8.27. The van der Waals surface area contributed by atoms with E-state index in [2.05, 4.69) is 73.2 Å². The Bertz CT molecular complexity index is 369. The summed E-state index contributed by atoms with van der Waals surface area (Å²) in [7, 11) is 0. The second-order valence-corrected chi connectivity index (χ2v) is 7.28. The van der Waals surface area contributed by atoms with Crippen molar-refractivity contribution in [3.63, 3.8) is 0 Å². The van der Waals surface area contributed by atoms with E-state index in [-0.39, 0.29) is 10.8 Å². The van der Waals surface area contributed by atoms with Crippen molar-refractivity contribution in [1.82, 2.24) is 5.32 Å². The molecule has 0 aliphatic heterocycles. The SMILES string of the molecule is CC(C)(CN)CNCC(C)(C)c1ccc(Br)cc1. The molecule has 0 heterocycles. The first-order valence-corrected chi connectivity index (χ1v) is 7.23. The number of nitrogens with two attached hydrogens (primary N) is 1. The topological polar surface area (TPSA) is 38.0 Å². The van der Waals surface area contributed by atoms with Crippen LogP contribution in [-0.2, 0) is 5.41 Å². The molecule has 0 saturated carbocycles. The highest BCUT2D eigenvalue weighted by molar-refractivity contribution is 9.10. The van der Waals surface area contributed by atoms with Crippen LogP contribution in [-0.4, -0.2) is 19.6 Å². The second-order valence-electron chi connectivity index (χ2n) is 6.36. The van der Waals surface area contributed by atoms with Crippen LogP contribution in [0.25, 0.3) is 0 Å². The van der Waals surface area contributed by atoms with Crippen LogP contribution in [0.2, 0.25) is 0 Å². The molecule has 0 aromatic heterocycles. The van der Waals surface area contributed by atoms with Gasteiger partial charge in [-0.1, -0.05) is 55.8 Å². The summed E-state index contributed by atoms with van der Waals surface area (Å²) in [5.74, 6) is 0. The highest BCUT2D eigenvalue weighted by Crippen LogP contribution is 2.24. The van der Waals surface area contributed by atoms with E-state index in [9.17, 15) is 0 Å². The van der Waals surface area contributed by atoms with Gasteiger partial charge < -0.3 is 11.1 Å². The van der Waals surface area contributed by atoms with E-state index in [4.69, 9.17) is 5.73 Å². The Hall–Kier alpha value is -0.380. The first-order valence-electron chi connectivity index (χ1n) is 6.44. The van der Waals surface area contributed by atoms with Crippen molar-refractivity contribution in [2.24, 2.45) is 11.1 Å². The molecule has 18 heavy (non-hydrogen) atoms. The van der Waals surface area contributed by atoms with Crippen molar-refractivity contribution in [2.75, 3.05) is 19.6 Å². The van der Waals surface area contributed by atoms with Crippen LogP contribution in [0.5, 0.6) is 0 Å². The quantitative estimate of drug-likeness (QED) is 0.846. The molecule has 0 amide bonds. The van der Waals surface area contributed by atoms with E-state index < -0.39 is 0 Å². The molecule has 102 valence electrons. The molecular weight excluding hydrogens is 288 g/mol. The summed E-state index contributed by atoms with van der Waals surface area (Å²) < 4.78 is 1.12. The number of hydrogen-bond donors (Lipinski definition) is 2. The molecule has 3 heteroatoms. The largest absolute Gasteiger partial charge is 0.330 e. The molecule has 0 radical (unpaired) electrons. The average Bonchev–Trinajstić information content (AvgIpc) is 2.29. The lowest BCUT2D eigenvalue weighted by molar-refractivity contribution is 0.332. The molecular formula is C15H25BrN2. The van der Waals surface area contributed by atoms with Gasteiger partial charge in [0, 0.05) is 23.0 Å². The van der Waals surface area contributed by atoms with Gasteiger partial charge >= 0.3 is 0 Å². The fraction of sp³-hybridized carbons (Fsp3) is 0.600. The molecule has 3 N–H and O–H groups in total. The molecule has 0 atom stereocenters. The van der Waals surface area contributed by atoms with Gasteiger partial charge in [-0.05, 0) is 29.7 Å². The zero-order chi connectivity index (χ0) is 13.8. The van der Waals surface area contributed by atoms with E-state index in [1.807, 2.05) is 0 Å². The Morgan fingerprint density at radius 2 is 1.61 bits per heavy atom. The van der Waals surface area contributed by atoms with Gasteiger partial charge in [-0.25, -0.2) is 0 Å². The van der Waals surface area contributed by atoms with Crippen LogP contribution < -0.4 is 11.1 Å². The number of rotatable bonds is 6. The van der Waals surface area contributed by atoms with Gasteiger partial charge in [0.05, 0.1) is 0 Å². The highest BCUT2D eigenvalue weighted by atomic mass is 79.9. The maximum Gasteiger partial charge on any atom is 0.0175 e. The molecule has 2 nitrogen and oxygen atoms in total. The molecule has 1 rings (SSSR count). The third kappa shape index (κ3) is 4.71. The van der Waals surface area contributed by atoms with E-state index in [1.54, 1.807) is 0 Å². The minimum Gasteiger partial charge on any atom is -0.330 e. The molecule has 0 aliphatic carbocycles. The van der Waals surface area contributed by atoms with Crippen molar-refractivity contribution in [1.29, 1.82) is 0 Å². The van der Waals surface area contributed by atoms with Crippen LogP contribution in [0.1, 0.15) is 33.3 Å². The van der Waals surface area contributed by atoms with Gasteiger partial charge in [0.1, 0.15) is 0 Å². The molecule has 1 aromatic carbocycles. The smallest absolute Gasteiger partial charge is 0.0175 e. The maximum absolute atomic E-state index is 5.74. The molecule has 0 spiro atoms. The standard InChI is InChI=1S/C15H25BrN2/c1-14(2,9-17)10-18-11-15(3,4)12-5-7-13(16)8-6-12/h5-8,18H,9-11,17H2,1-4H3. The minimum absolute atomic E-state index is 0.130. The predicted octanol–water partition coefficient (Wildman–Crippen LogP) is 3.30. The summed E-state index contributed by atoms with van der Waals surface area (Å²) in [5.41, 5.74) is 7.38. The van der Waals surface area contributed by atoms with Crippen molar-refractivity contribution in [2.45, 2.75) is 33.1 Å². The third-order valence-electron chi connectivity index (χ3n) is 3.35. The summed E-state index contributed by atoms with van der Waals surface area (Å²) in [6, 6.07) is 8.56. The van der Waals surface area contributed by atoms with Crippen LogP contribution in [0, 0.1) is 5.41 Å². The highest BCUT2D eigenvalue weighted by Gasteiger charge is 2.22. The van der Waals surface area contributed by atoms with Crippen LogP contribution >= 0.6 is 15.9 Å². The number of halogens is 1. The maximum atomic E-state index is 5.74. The zero-order valence-electron chi connectivity index (χ0n) is 11.9. The van der Waals surface area contributed by atoms with Crippen LogP contribution in [0.4, 0.5) is 0 Å². The Balaban J connectivity index is 2.57. The molecule has 0 aliphatic rings. The van der Waals surface area contributed by atoms with Crippen molar-refractivity contribution < 1.29 is 0 Å². The third-order valence-corrected chi connectivity index (χ3v) is 3.88. The van der Waals surface area contributed by atoms with Gasteiger partial charge in [0.2, 0.25) is 0 Å². The van der Waals surface area contributed by atoms with Gasteiger partial charge in [-0.15, -0.1) is 0 Å². The Morgan fingerprint density at radius 1 is 1.06 bits per heavy atom. The van der Waals surface area contributed by atoms with E-state index in [0.717, 1.165) is 17.6 Å². The van der Waals surface area contributed by atoms with Gasteiger partial charge in [-0.2, -0.15) is 0 Å². The number of hydrogen-bond acceptors (Lipinski definition) is 2. The lowest BCUT2D eigenvalue weighted by Gasteiger charge is -2.29. The fourth-order valence-electron chi connectivity index (χ4n) is 1.79. The lowest BCUT2D eigenvalue weighted by Crippen LogP contribution is -2.40. The van der Waals surface area contributed by atoms with Crippen LogP contribution in [0.3, 0.4) is 0 Å². The number of nitrogens with one attached hydrogen (secondary N) is 1. The van der Waals surface area contributed by atoms with Gasteiger partial charge in [0.25, 0.3) is 0 Å². The van der Waals surface area contributed by atoms with E-state index in [0.29, 0.717) is 6.54 Å². The molecule has 0 unspecified atom stereocenters. The molecule has 1 aromatic rings. The van der Waals surface area contributed by atoms with Crippen molar-refractivity contribution >= 4 is 15.9 Å². The molecule has 0 bridgehead atoms. The predicted molar refractivity (Wildman–Crippen MR) is 82.9 cm³/mol. The number of benzene rings is 1. The monoisotopic (exact) mass is 312 g/mol. The van der Waals surface area contributed by atoms with Crippen molar-refractivity contribution in [3.05, 3.63) is 34.3 Å².